The number of aromatic nitrogens is 1. The number of hydrogen-bond acceptors (Lipinski definition) is 5. The lowest BCUT2D eigenvalue weighted by Gasteiger charge is -2.10. The normalized spacial score (nSPS) is 22.2. The van der Waals surface area contributed by atoms with E-state index in [2.05, 4.69) is 15.8 Å². The van der Waals surface area contributed by atoms with E-state index in [1.807, 2.05) is 0 Å². The number of amides is 2. The van der Waals surface area contributed by atoms with E-state index in [9.17, 15) is 9.59 Å². The van der Waals surface area contributed by atoms with Crippen LogP contribution in [-0.4, -0.2) is 29.5 Å². The number of nitrogens with one attached hydrogen (secondary N) is 2. The molecule has 2 amide bonds. The van der Waals surface area contributed by atoms with Crippen LogP contribution < -0.4 is 10.9 Å². The lowest BCUT2D eigenvalue weighted by Crippen LogP contribution is -2.46. The number of hydrazine groups is 1. The molecule has 1 saturated carbocycles. The Labute approximate surface area is 114 Å². The van der Waals surface area contributed by atoms with Gasteiger partial charge in [-0.15, -0.1) is 11.3 Å². The molecule has 1 aromatic rings. The first-order valence-corrected chi connectivity index (χ1v) is 7.29. The Morgan fingerprint density at radius 1 is 1.32 bits per heavy atom. The van der Waals surface area contributed by atoms with Gasteiger partial charge in [0.2, 0.25) is 0 Å². The van der Waals surface area contributed by atoms with Gasteiger partial charge in [0.25, 0.3) is 11.8 Å². The topological polar surface area (TPSA) is 80.3 Å². The largest absolute Gasteiger partial charge is 0.368 e. The maximum atomic E-state index is 11.8. The standard InChI is InChI=1S/C12H15N3O3S/c16-10(8-6-19-12(13-8)7-3-4-7)14-15-11(17)9-2-1-5-18-9/h6-7,9H,1-5H2,(H,14,16)(H,15,17)/t9-/m0/s1. The molecule has 2 aliphatic rings. The molecule has 3 rings (SSSR count). The summed E-state index contributed by atoms with van der Waals surface area (Å²) in [5.74, 6) is -0.147. The van der Waals surface area contributed by atoms with Crippen molar-refractivity contribution in [3.8, 4) is 0 Å². The van der Waals surface area contributed by atoms with E-state index >= 15 is 0 Å². The first-order chi connectivity index (χ1) is 9.24. The molecule has 2 N–H and O–H groups in total. The average Bonchev–Trinajstić information content (AvgIpc) is 2.96. The summed E-state index contributed by atoms with van der Waals surface area (Å²) < 4.78 is 5.22. The molecule has 19 heavy (non-hydrogen) atoms. The SMILES string of the molecule is O=C(NNC(=O)[C@@H]1CCCO1)c1csc(C2CC2)n1. The van der Waals surface area contributed by atoms with Gasteiger partial charge >= 0.3 is 0 Å². The van der Waals surface area contributed by atoms with Gasteiger partial charge in [-0.25, -0.2) is 4.98 Å². The van der Waals surface area contributed by atoms with Crippen molar-refractivity contribution in [1.29, 1.82) is 0 Å². The Kier molecular flexibility index (Phi) is 3.48. The molecular formula is C12H15N3O3S. The number of rotatable bonds is 3. The molecular weight excluding hydrogens is 266 g/mol. The Morgan fingerprint density at radius 2 is 2.16 bits per heavy atom. The summed E-state index contributed by atoms with van der Waals surface area (Å²) in [7, 11) is 0. The van der Waals surface area contributed by atoms with E-state index in [-0.39, 0.29) is 11.8 Å². The summed E-state index contributed by atoms with van der Waals surface area (Å²) in [6, 6.07) is 0. The zero-order chi connectivity index (χ0) is 13.2. The van der Waals surface area contributed by atoms with Crippen molar-refractivity contribution in [1.82, 2.24) is 15.8 Å². The highest BCUT2D eigenvalue weighted by Gasteiger charge is 2.28. The van der Waals surface area contributed by atoms with Gasteiger partial charge in [0.1, 0.15) is 11.8 Å². The van der Waals surface area contributed by atoms with E-state index in [1.165, 1.54) is 11.3 Å². The molecule has 1 aliphatic heterocycles. The fourth-order valence-electron chi connectivity index (χ4n) is 1.96. The minimum Gasteiger partial charge on any atom is -0.368 e. The third kappa shape index (κ3) is 2.93. The van der Waals surface area contributed by atoms with Gasteiger partial charge in [-0.2, -0.15) is 0 Å². The van der Waals surface area contributed by atoms with Crippen LogP contribution in [0.25, 0.3) is 0 Å². The van der Waals surface area contributed by atoms with Gasteiger partial charge in [0.15, 0.2) is 0 Å². The fourth-order valence-corrected chi connectivity index (χ4v) is 2.93. The number of hydrogen-bond donors (Lipinski definition) is 2. The van der Waals surface area contributed by atoms with Crippen LogP contribution in [0.4, 0.5) is 0 Å². The number of carbonyl (C=O) groups is 2. The summed E-state index contributed by atoms with van der Waals surface area (Å²) in [5, 5.41) is 2.73. The zero-order valence-electron chi connectivity index (χ0n) is 10.3. The Hall–Kier alpha value is -1.47. The maximum Gasteiger partial charge on any atom is 0.289 e. The highest BCUT2D eigenvalue weighted by atomic mass is 32.1. The monoisotopic (exact) mass is 281 g/mol. The molecule has 0 aromatic carbocycles. The minimum absolute atomic E-state index is 0.302. The Bertz CT molecular complexity index is 492. The lowest BCUT2D eigenvalue weighted by molar-refractivity contribution is -0.130. The molecule has 0 unspecified atom stereocenters. The number of ether oxygens (including phenoxy) is 1. The van der Waals surface area contributed by atoms with Crippen LogP contribution in [0.3, 0.4) is 0 Å². The van der Waals surface area contributed by atoms with E-state index in [1.54, 1.807) is 5.38 Å². The van der Waals surface area contributed by atoms with Crippen molar-refractivity contribution < 1.29 is 14.3 Å². The van der Waals surface area contributed by atoms with E-state index in [4.69, 9.17) is 4.74 Å². The van der Waals surface area contributed by atoms with Crippen molar-refractivity contribution >= 4 is 23.2 Å². The first-order valence-electron chi connectivity index (χ1n) is 6.41. The molecule has 1 atom stereocenters. The summed E-state index contributed by atoms with van der Waals surface area (Å²) in [6.07, 6.45) is 3.44. The highest BCUT2D eigenvalue weighted by molar-refractivity contribution is 7.10. The second kappa shape index (κ2) is 5.26. The third-order valence-corrected chi connectivity index (χ3v) is 4.21. The molecule has 7 heteroatoms. The molecule has 1 saturated heterocycles. The maximum absolute atomic E-state index is 11.8. The van der Waals surface area contributed by atoms with Crippen LogP contribution in [0.2, 0.25) is 0 Å². The van der Waals surface area contributed by atoms with Gasteiger partial charge in [0, 0.05) is 17.9 Å². The van der Waals surface area contributed by atoms with E-state index in [0.717, 1.165) is 24.3 Å². The molecule has 0 spiro atoms. The third-order valence-electron chi connectivity index (χ3n) is 3.20. The highest BCUT2D eigenvalue weighted by Crippen LogP contribution is 2.41. The van der Waals surface area contributed by atoms with Crippen LogP contribution in [0.15, 0.2) is 5.38 Å². The van der Waals surface area contributed by atoms with Crippen molar-refractivity contribution in [3.05, 3.63) is 16.1 Å². The second-order valence-electron chi connectivity index (χ2n) is 4.79. The lowest BCUT2D eigenvalue weighted by atomic mass is 10.2. The summed E-state index contributed by atoms with van der Waals surface area (Å²) in [5.41, 5.74) is 5.11. The Balaban J connectivity index is 1.50. The van der Waals surface area contributed by atoms with E-state index in [0.29, 0.717) is 24.6 Å². The van der Waals surface area contributed by atoms with Gasteiger partial charge in [0.05, 0.1) is 5.01 Å². The predicted molar refractivity (Wildman–Crippen MR) is 68.7 cm³/mol. The fraction of sp³-hybridized carbons (Fsp3) is 0.583. The number of thiazole rings is 1. The molecule has 0 radical (unpaired) electrons. The van der Waals surface area contributed by atoms with Crippen molar-refractivity contribution in [2.24, 2.45) is 0 Å². The van der Waals surface area contributed by atoms with Gasteiger partial charge in [-0.3, -0.25) is 20.4 Å². The van der Waals surface area contributed by atoms with Crippen LogP contribution in [-0.2, 0) is 9.53 Å². The van der Waals surface area contributed by atoms with Crippen LogP contribution in [0.1, 0.15) is 47.1 Å². The second-order valence-corrected chi connectivity index (χ2v) is 5.68. The van der Waals surface area contributed by atoms with Gasteiger partial charge in [-0.1, -0.05) is 0 Å². The number of nitrogens with zero attached hydrogens (tertiary/aromatic N) is 1. The van der Waals surface area contributed by atoms with Crippen molar-refractivity contribution in [3.63, 3.8) is 0 Å². The van der Waals surface area contributed by atoms with Gasteiger partial charge < -0.3 is 4.74 Å². The first kappa shape index (κ1) is 12.6. The summed E-state index contributed by atoms with van der Waals surface area (Å²) >= 11 is 1.50. The molecule has 1 aromatic heterocycles. The predicted octanol–water partition coefficient (Wildman–Crippen LogP) is 0.961. The summed E-state index contributed by atoms with van der Waals surface area (Å²) in [4.78, 5) is 27.7. The summed E-state index contributed by atoms with van der Waals surface area (Å²) in [6.45, 7) is 0.600. The molecule has 2 heterocycles. The van der Waals surface area contributed by atoms with Crippen molar-refractivity contribution in [2.75, 3.05) is 6.61 Å². The van der Waals surface area contributed by atoms with Gasteiger partial charge in [-0.05, 0) is 25.7 Å². The quantitative estimate of drug-likeness (QED) is 0.809. The molecule has 2 fully saturated rings. The average molecular weight is 281 g/mol. The van der Waals surface area contributed by atoms with E-state index < -0.39 is 6.10 Å². The molecule has 1 aliphatic carbocycles. The zero-order valence-corrected chi connectivity index (χ0v) is 11.2. The van der Waals surface area contributed by atoms with Crippen LogP contribution in [0, 0.1) is 0 Å². The number of carbonyl (C=O) groups excluding carboxylic acids is 2. The molecule has 0 bridgehead atoms. The molecule has 102 valence electrons. The minimum atomic E-state index is -0.447. The Morgan fingerprint density at radius 3 is 2.84 bits per heavy atom. The van der Waals surface area contributed by atoms with Crippen LogP contribution >= 0.6 is 11.3 Å². The molecule has 6 nitrogen and oxygen atoms in total. The van der Waals surface area contributed by atoms with Crippen molar-refractivity contribution in [2.45, 2.75) is 37.7 Å². The smallest absolute Gasteiger partial charge is 0.289 e. The van der Waals surface area contributed by atoms with Crippen LogP contribution in [0.5, 0.6) is 0 Å².